The lowest BCUT2D eigenvalue weighted by atomic mass is 10.0. The minimum absolute atomic E-state index is 0.0999. The van der Waals surface area contributed by atoms with Crippen LogP contribution in [0.3, 0.4) is 0 Å². The van der Waals surface area contributed by atoms with Gasteiger partial charge in [-0.2, -0.15) is 5.26 Å². The van der Waals surface area contributed by atoms with Gasteiger partial charge in [-0.25, -0.2) is 4.98 Å². The standard InChI is InChI=1S/C20H14N4O2/c21-11-12-4-5-16-13(8-12)9-18(26)19-17(6-7-22-20(19)24-16)23-14-2-1-3-15(25)10-14/h1-8,10,25H,9H2,(H2,22,23,24). The van der Waals surface area contributed by atoms with Crippen molar-refractivity contribution in [2.24, 2.45) is 0 Å². The van der Waals surface area contributed by atoms with E-state index in [0.29, 0.717) is 28.3 Å². The molecule has 0 radical (unpaired) electrons. The molecule has 3 aromatic rings. The number of Topliss-reactive ketones (excluding diaryl/α,β-unsaturated/α-hetero) is 1. The van der Waals surface area contributed by atoms with Crippen molar-refractivity contribution in [1.82, 2.24) is 4.98 Å². The predicted molar refractivity (Wildman–Crippen MR) is 98.1 cm³/mol. The Kier molecular flexibility index (Phi) is 3.75. The molecule has 0 amide bonds. The van der Waals surface area contributed by atoms with Crippen LogP contribution in [0.25, 0.3) is 0 Å². The number of nitriles is 1. The predicted octanol–water partition coefficient (Wildman–Crippen LogP) is 3.88. The summed E-state index contributed by atoms with van der Waals surface area (Å²) in [5.41, 5.74) is 3.75. The number of nitrogens with zero attached hydrogens (tertiary/aromatic N) is 2. The van der Waals surface area contributed by atoms with Crippen LogP contribution in [0.4, 0.5) is 22.9 Å². The number of anilines is 4. The molecule has 6 heteroatoms. The zero-order chi connectivity index (χ0) is 18.1. The number of pyridine rings is 1. The Hall–Kier alpha value is -3.85. The second kappa shape index (κ2) is 6.22. The molecule has 0 bridgehead atoms. The number of rotatable bonds is 2. The molecule has 0 atom stereocenters. The molecule has 3 N–H and O–H groups in total. The van der Waals surface area contributed by atoms with E-state index in [2.05, 4.69) is 21.7 Å². The average Bonchev–Trinajstić information content (AvgIpc) is 2.77. The van der Waals surface area contributed by atoms with Crippen LogP contribution in [0.5, 0.6) is 5.75 Å². The number of carbonyl (C=O) groups is 1. The molecule has 0 fully saturated rings. The molecule has 1 aliphatic heterocycles. The fraction of sp³-hybridized carbons (Fsp3) is 0.0500. The SMILES string of the molecule is N#Cc1ccc2c(c1)CC(=O)c1c(Nc3cccc(O)c3)ccnc1N2. The third-order valence-corrected chi connectivity index (χ3v) is 4.19. The summed E-state index contributed by atoms with van der Waals surface area (Å²) in [6, 6.07) is 15.7. The van der Waals surface area contributed by atoms with E-state index < -0.39 is 0 Å². The van der Waals surface area contributed by atoms with Gasteiger partial charge in [0, 0.05) is 30.1 Å². The van der Waals surface area contributed by atoms with Gasteiger partial charge in [0.1, 0.15) is 11.6 Å². The molecule has 1 aliphatic rings. The van der Waals surface area contributed by atoms with Crippen LogP contribution < -0.4 is 10.6 Å². The molecule has 2 aromatic carbocycles. The summed E-state index contributed by atoms with van der Waals surface area (Å²) >= 11 is 0. The van der Waals surface area contributed by atoms with E-state index in [-0.39, 0.29) is 18.0 Å². The number of ketones is 1. The minimum atomic E-state index is -0.0999. The first-order valence-electron chi connectivity index (χ1n) is 8.02. The van der Waals surface area contributed by atoms with E-state index in [1.54, 1.807) is 54.7 Å². The highest BCUT2D eigenvalue weighted by atomic mass is 16.3. The third-order valence-electron chi connectivity index (χ3n) is 4.19. The van der Waals surface area contributed by atoms with Gasteiger partial charge in [-0.3, -0.25) is 4.79 Å². The van der Waals surface area contributed by atoms with Crippen LogP contribution >= 0.6 is 0 Å². The first-order valence-corrected chi connectivity index (χ1v) is 8.02. The minimum Gasteiger partial charge on any atom is -0.508 e. The zero-order valence-corrected chi connectivity index (χ0v) is 13.7. The molecule has 6 nitrogen and oxygen atoms in total. The van der Waals surface area contributed by atoms with Gasteiger partial charge < -0.3 is 15.7 Å². The maximum Gasteiger partial charge on any atom is 0.173 e. The number of hydrogen-bond donors (Lipinski definition) is 3. The molecule has 1 aromatic heterocycles. The van der Waals surface area contributed by atoms with Gasteiger partial charge in [-0.1, -0.05) is 6.07 Å². The Morgan fingerprint density at radius 2 is 2.08 bits per heavy atom. The number of aromatic hydroxyl groups is 1. The number of nitrogens with one attached hydrogen (secondary N) is 2. The van der Waals surface area contributed by atoms with E-state index in [0.717, 1.165) is 11.3 Å². The highest BCUT2D eigenvalue weighted by Crippen LogP contribution is 2.34. The normalized spacial score (nSPS) is 12.2. The first kappa shape index (κ1) is 15.7. The van der Waals surface area contributed by atoms with Crippen LogP contribution in [0, 0.1) is 11.3 Å². The second-order valence-electron chi connectivity index (χ2n) is 5.97. The summed E-state index contributed by atoms with van der Waals surface area (Å²) in [5.74, 6) is 0.497. The molecular formula is C20H14N4O2. The second-order valence-corrected chi connectivity index (χ2v) is 5.97. The number of aromatic nitrogens is 1. The molecule has 4 rings (SSSR count). The van der Waals surface area contributed by atoms with Crippen LogP contribution in [0.2, 0.25) is 0 Å². The number of benzene rings is 2. The number of phenolic OH excluding ortho intramolecular Hbond substituents is 1. The van der Waals surface area contributed by atoms with Gasteiger partial charge in [-0.15, -0.1) is 0 Å². The molecule has 0 saturated carbocycles. The molecule has 0 saturated heterocycles. The van der Waals surface area contributed by atoms with Crippen LogP contribution in [-0.4, -0.2) is 15.9 Å². The fourth-order valence-corrected chi connectivity index (χ4v) is 3.00. The van der Waals surface area contributed by atoms with E-state index in [4.69, 9.17) is 5.26 Å². The van der Waals surface area contributed by atoms with Crippen molar-refractivity contribution >= 4 is 28.7 Å². The Morgan fingerprint density at radius 3 is 2.88 bits per heavy atom. The Morgan fingerprint density at radius 1 is 1.19 bits per heavy atom. The Labute approximate surface area is 149 Å². The highest BCUT2D eigenvalue weighted by Gasteiger charge is 2.24. The highest BCUT2D eigenvalue weighted by molar-refractivity contribution is 6.09. The fourth-order valence-electron chi connectivity index (χ4n) is 3.00. The van der Waals surface area contributed by atoms with Crippen molar-refractivity contribution in [2.45, 2.75) is 6.42 Å². The quantitative estimate of drug-likeness (QED) is 0.654. The van der Waals surface area contributed by atoms with Crippen molar-refractivity contribution in [3.8, 4) is 11.8 Å². The molecule has 0 unspecified atom stereocenters. The molecule has 0 aliphatic carbocycles. The summed E-state index contributed by atoms with van der Waals surface area (Å²) < 4.78 is 0. The molecule has 26 heavy (non-hydrogen) atoms. The van der Waals surface area contributed by atoms with Gasteiger partial charge >= 0.3 is 0 Å². The lowest BCUT2D eigenvalue weighted by molar-refractivity contribution is 0.0995. The molecule has 2 heterocycles. The number of phenols is 1. The van der Waals surface area contributed by atoms with Crippen molar-refractivity contribution < 1.29 is 9.90 Å². The topological polar surface area (TPSA) is 98.0 Å². The van der Waals surface area contributed by atoms with Crippen molar-refractivity contribution in [1.29, 1.82) is 5.26 Å². The van der Waals surface area contributed by atoms with Crippen molar-refractivity contribution in [3.05, 3.63) is 71.4 Å². The monoisotopic (exact) mass is 342 g/mol. The Balaban J connectivity index is 1.76. The van der Waals surface area contributed by atoms with Gasteiger partial charge in [0.2, 0.25) is 0 Å². The number of carbonyl (C=O) groups excluding carboxylic acids is 1. The maximum absolute atomic E-state index is 12.9. The first-order chi connectivity index (χ1) is 12.6. The number of hydrogen-bond acceptors (Lipinski definition) is 6. The summed E-state index contributed by atoms with van der Waals surface area (Å²) in [7, 11) is 0. The summed E-state index contributed by atoms with van der Waals surface area (Å²) in [6.45, 7) is 0. The smallest absolute Gasteiger partial charge is 0.173 e. The van der Waals surface area contributed by atoms with Crippen molar-refractivity contribution in [2.75, 3.05) is 10.6 Å². The van der Waals surface area contributed by atoms with E-state index >= 15 is 0 Å². The van der Waals surface area contributed by atoms with Crippen LogP contribution in [0.1, 0.15) is 21.5 Å². The largest absolute Gasteiger partial charge is 0.508 e. The number of fused-ring (bicyclic) bond motifs is 2. The van der Waals surface area contributed by atoms with Crippen molar-refractivity contribution in [3.63, 3.8) is 0 Å². The molecular weight excluding hydrogens is 328 g/mol. The molecule has 126 valence electrons. The Bertz CT molecular complexity index is 1070. The summed E-state index contributed by atoms with van der Waals surface area (Å²) in [5, 5.41) is 25.1. The average molecular weight is 342 g/mol. The van der Waals surface area contributed by atoms with Gasteiger partial charge in [0.25, 0.3) is 0 Å². The van der Waals surface area contributed by atoms with Gasteiger partial charge in [-0.05, 0) is 42.0 Å². The van der Waals surface area contributed by atoms with Gasteiger partial charge in [0.15, 0.2) is 5.78 Å². The van der Waals surface area contributed by atoms with Crippen LogP contribution in [-0.2, 0) is 6.42 Å². The van der Waals surface area contributed by atoms with Gasteiger partial charge in [0.05, 0.1) is 22.9 Å². The summed E-state index contributed by atoms with van der Waals surface area (Å²) in [6.07, 6.45) is 1.78. The summed E-state index contributed by atoms with van der Waals surface area (Å²) in [4.78, 5) is 17.2. The third kappa shape index (κ3) is 2.82. The van der Waals surface area contributed by atoms with E-state index in [1.807, 2.05) is 0 Å². The maximum atomic E-state index is 12.9. The van der Waals surface area contributed by atoms with Crippen LogP contribution in [0.15, 0.2) is 54.7 Å². The lowest BCUT2D eigenvalue weighted by Gasteiger charge is -2.13. The van der Waals surface area contributed by atoms with E-state index in [9.17, 15) is 9.90 Å². The molecule has 0 spiro atoms. The lowest BCUT2D eigenvalue weighted by Crippen LogP contribution is -2.08. The zero-order valence-electron chi connectivity index (χ0n) is 13.7. The van der Waals surface area contributed by atoms with E-state index in [1.165, 1.54) is 0 Å².